The zero-order valence-corrected chi connectivity index (χ0v) is 18.4. The molecule has 0 saturated carbocycles. The van der Waals surface area contributed by atoms with Crippen LogP contribution >= 0.6 is 23.2 Å². The second kappa shape index (κ2) is 11.5. The molecule has 2 aromatic rings. The minimum Gasteiger partial charge on any atom is -0.493 e. The SMILES string of the molecule is C=CCc1ccc(OCC(=O)N(CC)CC(=O)Nc2c(Cl)cccc2Cl)c(OC)c1. The molecule has 0 unspecified atom stereocenters. The average Bonchev–Trinajstić information content (AvgIpc) is 2.73. The number of halogens is 2. The number of ether oxygens (including phenoxy) is 2. The number of likely N-dealkylation sites (N-methyl/N-ethyl adjacent to an activating group) is 1. The lowest BCUT2D eigenvalue weighted by molar-refractivity contribution is -0.136. The molecule has 2 rings (SSSR count). The van der Waals surface area contributed by atoms with Gasteiger partial charge < -0.3 is 19.7 Å². The third-order valence-corrected chi connectivity index (χ3v) is 4.89. The van der Waals surface area contributed by atoms with Gasteiger partial charge in [-0.2, -0.15) is 0 Å². The van der Waals surface area contributed by atoms with E-state index in [0.29, 0.717) is 40.2 Å². The van der Waals surface area contributed by atoms with Gasteiger partial charge in [-0.15, -0.1) is 6.58 Å². The maximum atomic E-state index is 12.6. The highest BCUT2D eigenvalue weighted by Crippen LogP contribution is 2.30. The minimum atomic E-state index is -0.411. The molecule has 0 bridgehead atoms. The number of hydrogen-bond donors (Lipinski definition) is 1. The summed E-state index contributed by atoms with van der Waals surface area (Å²) in [5, 5.41) is 3.28. The normalized spacial score (nSPS) is 10.3. The lowest BCUT2D eigenvalue weighted by Gasteiger charge is -2.21. The number of para-hydroxylation sites is 1. The quantitative estimate of drug-likeness (QED) is 0.537. The lowest BCUT2D eigenvalue weighted by atomic mass is 10.1. The van der Waals surface area contributed by atoms with Gasteiger partial charge in [-0.1, -0.05) is 41.4 Å². The number of nitrogens with one attached hydrogen (secondary N) is 1. The number of allylic oxidation sites excluding steroid dienone is 1. The van der Waals surface area contributed by atoms with E-state index in [2.05, 4.69) is 11.9 Å². The number of nitrogens with zero attached hydrogens (tertiary/aromatic N) is 1. The van der Waals surface area contributed by atoms with Crippen molar-refractivity contribution in [3.63, 3.8) is 0 Å². The number of methoxy groups -OCH3 is 1. The fraction of sp³-hybridized carbons (Fsp3) is 0.273. The smallest absolute Gasteiger partial charge is 0.260 e. The molecule has 8 heteroatoms. The van der Waals surface area contributed by atoms with Crippen molar-refractivity contribution in [1.29, 1.82) is 0 Å². The Morgan fingerprint density at radius 2 is 1.87 bits per heavy atom. The number of benzene rings is 2. The molecule has 0 saturated heterocycles. The van der Waals surface area contributed by atoms with Crippen LogP contribution in [0.3, 0.4) is 0 Å². The summed E-state index contributed by atoms with van der Waals surface area (Å²) < 4.78 is 11.0. The predicted molar refractivity (Wildman–Crippen MR) is 120 cm³/mol. The Bertz CT molecular complexity index is 898. The van der Waals surface area contributed by atoms with E-state index in [0.717, 1.165) is 5.56 Å². The largest absolute Gasteiger partial charge is 0.493 e. The maximum absolute atomic E-state index is 12.6. The van der Waals surface area contributed by atoms with Crippen LogP contribution in [-0.2, 0) is 16.0 Å². The van der Waals surface area contributed by atoms with E-state index < -0.39 is 5.91 Å². The van der Waals surface area contributed by atoms with Crippen LogP contribution in [0.5, 0.6) is 11.5 Å². The Morgan fingerprint density at radius 1 is 1.17 bits per heavy atom. The summed E-state index contributed by atoms with van der Waals surface area (Å²) in [7, 11) is 1.53. The molecule has 2 amide bonds. The highest BCUT2D eigenvalue weighted by Gasteiger charge is 2.18. The molecule has 6 nitrogen and oxygen atoms in total. The number of hydrogen-bond acceptors (Lipinski definition) is 4. The first-order chi connectivity index (χ1) is 14.4. The summed E-state index contributed by atoms with van der Waals surface area (Å²) in [5.74, 6) is 0.222. The predicted octanol–water partition coefficient (Wildman–Crippen LogP) is 4.60. The van der Waals surface area contributed by atoms with Crippen molar-refractivity contribution in [2.75, 3.05) is 32.1 Å². The Morgan fingerprint density at radius 3 is 2.47 bits per heavy atom. The van der Waals surface area contributed by atoms with Crippen LogP contribution < -0.4 is 14.8 Å². The van der Waals surface area contributed by atoms with Gasteiger partial charge in [0.1, 0.15) is 0 Å². The van der Waals surface area contributed by atoms with E-state index in [1.165, 1.54) is 12.0 Å². The molecule has 0 aromatic heterocycles. The van der Waals surface area contributed by atoms with Crippen LogP contribution in [-0.4, -0.2) is 43.5 Å². The summed E-state index contributed by atoms with van der Waals surface area (Å²) in [6.07, 6.45) is 2.49. The average molecular weight is 451 g/mol. The van der Waals surface area contributed by atoms with Crippen molar-refractivity contribution >= 4 is 40.7 Å². The zero-order chi connectivity index (χ0) is 22.1. The number of anilines is 1. The van der Waals surface area contributed by atoms with E-state index in [1.54, 1.807) is 37.3 Å². The molecular weight excluding hydrogens is 427 g/mol. The monoisotopic (exact) mass is 450 g/mol. The molecule has 30 heavy (non-hydrogen) atoms. The Balaban J connectivity index is 1.98. The van der Waals surface area contributed by atoms with Gasteiger partial charge >= 0.3 is 0 Å². The van der Waals surface area contributed by atoms with Gasteiger partial charge in [0.25, 0.3) is 5.91 Å². The van der Waals surface area contributed by atoms with E-state index in [9.17, 15) is 9.59 Å². The second-order valence-electron chi connectivity index (χ2n) is 6.32. The molecule has 0 spiro atoms. The Hall–Kier alpha value is -2.70. The van der Waals surface area contributed by atoms with Gasteiger partial charge in [-0.3, -0.25) is 9.59 Å². The first kappa shape index (κ1) is 23.6. The molecule has 0 aliphatic carbocycles. The molecule has 0 atom stereocenters. The molecule has 0 aliphatic heterocycles. The fourth-order valence-electron chi connectivity index (χ4n) is 2.70. The third kappa shape index (κ3) is 6.40. The van der Waals surface area contributed by atoms with Crippen molar-refractivity contribution in [2.24, 2.45) is 0 Å². The Labute approximate surface area is 186 Å². The summed E-state index contributed by atoms with van der Waals surface area (Å²) in [6.45, 7) is 5.43. The lowest BCUT2D eigenvalue weighted by Crippen LogP contribution is -2.40. The van der Waals surface area contributed by atoms with Crippen molar-refractivity contribution in [1.82, 2.24) is 4.90 Å². The van der Waals surface area contributed by atoms with Gasteiger partial charge in [0.05, 0.1) is 29.4 Å². The summed E-state index contributed by atoms with van der Waals surface area (Å²) >= 11 is 12.1. The molecule has 0 heterocycles. The van der Waals surface area contributed by atoms with Gasteiger partial charge in [0.15, 0.2) is 18.1 Å². The van der Waals surface area contributed by atoms with Crippen LogP contribution in [0, 0.1) is 0 Å². The van der Waals surface area contributed by atoms with Crippen LogP contribution in [0.15, 0.2) is 49.1 Å². The van der Waals surface area contributed by atoms with Crippen molar-refractivity contribution in [3.05, 3.63) is 64.7 Å². The number of carbonyl (C=O) groups is 2. The fourth-order valence-corrected chi connectivity index (χ4v) is 3.19. The molecule has 0 aliphatic rings. The highest BCUT2D eigenvalue weighted by molar-refractivity contribution is 6.39. The molecule has 1 N–H and O–H groups in total. The number of carbonyl (C=O) groups excluding carboxylic acids is 2. The first-order valence-corrected chi connectivity index (χ1v) is 10.1. The summed E-state index contributed by atoms with van der Waals surface area (Å²) in [5.41, 5.74) is 1.33. The van der Waals surface area contributed by atoms with Crippen molar-refractivity contribution in [2.45, 2.75) is 13.3 Å². The van der Waals surface area contributed by atoms with Crippen molar-refractivity contribution < 1.29 is 19.1 Å². The van der Waals surface area contributed by atoms with Crippen LogP contribution in [0.25, 0.3) is 0 Å². The van der Waals surface area contributed by atoms with Gasteiger partial charge in [-0.05, 0) is 43.2 Å². The molecule has 0 fully saturated rings. The van der Waals surface area contributed by atoms with E-state index >= 15 is 0 Å². The maximum Gasteiger partial charge on any atom is 0.260 e. The van der Waals surface area contributed by atoms with E-state index in [4.69, 9.17) is 32.7 Å². The third-order valence-electron chi connectivity index (χ3n) is 4.26. The molecule has 0 radical (unpaired) electrons. The van der Waals surface area contributed by atoms with Crippen molar-refractivity contribution in [3.8, 4) is 11.5 Å². The molecule has 2 aromatic carbocycles. The topological polar surface area (TPSA) is 67.9 Å². The van der Waals surface area contributed by atoms with Gasteiger partial charge in [0, 0.05) is 6.54 Å². The number of amides is 2. The zero-order valence-electron chi connectivity index (χ0n) is 16.9. The standard InChI is InChI=1S/C22H24Cl2N2O4/c1-4-7-15-10-11-18(19(12-15)29-3)30-14-21(28)26(5-2)13-20(27)25-22-16(23)8-6-9-17(22)24/h4,6,8-12H,1,5,7,13-14H2,2-3H3,(H,25,27). The first-order valence-electron chi connectivity index (χ1n) is 9.31. The number of rotatable bonds is 10. The van der Waals surface area contributed by atoms with Crippen LogP contribution in [0.4, 0.5) is 5.69 Å². The van der Waals surface area contributed by atoms with Crippen LogP contribution in [0.1, 0.15) is 12.5 Å². The van der Waals surface area contributed by atoms with Gasteiger partial charge in [0.2, 0.25) is 5.91 Å². The molecule has 160 valence electrons. The highest BCUT2D eigenvalue weighted by atomic mass is 35.5. The second-order valence-corrected chi connectivity index (χ2v) is 7.13. The minimum absolute atomic E-state index is 0.157. The van der Waals surface area contributed by atoms with E-state index in [1.807, 2.05) is 12.1 Å². The van der Waals surface area contributed by atoms with Crippen LogP contribution in [0.2, 0.25) is 10.0 Å². The van der Waals surface area contributed by atoms with E-state index in [-0.39, 0.29) is 19.1 Å². The Kier molecular flexibility index (Phi) is 9.02. The van der Waals surface area contributed by atoms with Gasteiger partial charge in [-0.25, -0.2) is 0 Å². The summed E-state index contributed by atoms with van der Waals surface area (Å²) in [4.78, 5) is 26.3. The summed E-state index contributed by atoms with van der Waals surface area (Å²) in [6, 6.07) is 10.4. The molecular formula is C22H24Cl2N2O4.